The van der Waals surface area contributed by atoms with Crippen molar-refractivity contribution in [2.24, 2.45) is 0 Å². The molecule has 0 aliphatic rings. The third kappa shape index (κ3) is 1.97. The van der Waals surface area contributed by atoms with Gasteiger partial charge in [-0.1, -0.05) is 24.3 Å². The van der Waals surface area contributed by atoms with Gasteiger partial charge >= 0.3 is 29.6 Å². The van der Waals surface area contributed by atoms with E-state index >= 15 is 0 Å². The van der Waals surface area contributed by atoms with E-state index in [0.29, 0.717) is 0 Å². The minimum Gasteiger partial charge on any atom is -0.504 e. The van der Waals surface area contributed by atoms with Crippen LogP contribution in [-0.4, -0.2) is 34.7 Å². The molecule has 0 aliphatic carbocycles. The monoisotopic (exact) mass is 183 g/mol. The summed E-state index contributed by atoms with van der Waals surface area (Å²) >= 11 is 0. The van der Waals surface area contributed by atoms with Crippen LogP contribution in [0.2, 0.25) is 0 Å². The predicted octanol–water partition coefficient (Wildman–Crippen LogP) is 2.04. The van der Waals surface area contributed by atoms with Crippen LogP contribution >= 0.6 is 0 Å². The summed E-state index contributed by atoms with van der Waals surface area (Å²) < 4.78 is 0. The molecule has 0 aromatic heterocycles. The molecule has 61 valence electrons. The zero-order valence-corrected chi connectivity index (χ0v) is 6.32. The SMILES string of the molecule is [NaH].[O]c1cc2ccccc2cc1O. The van der Waals surface area contributed by atoms with E-state index < -0.39 is 0 Å². The Bertz CT molecular complexity index is 386. The quantitative estimate of drug-likeness (QED) is 0.624. The van der Waals surface area contributed by atoms with Crippen molar-refractivity contribution >= 4 is 40.3 Å². The van der Waals surface area contributed by atoms with Crippen molar-refractivity contribution in [3.05, 3.63) is 36.4 Å². The molecule has 0 unspecified atom stereocenters. The standard InChI is InChI=1S/C10H7O2.Na.H/c11-9-5-7-3-1-2-4-8(7)6-10(9)12;;/h1-6,11H;;. The first-order valence-electron chi connectivity index (χ1n) is 3.66. The summed E-state index contributed by atoms with van der Waals surface area (Å²) in [6.07, 6.45) is 0. The van der Waals surface area contributed by atoms with Gasteiger partial charge < -0.3 is 5.11 Å². The molecule has 0 spiro atoms. The van der Waals surface area contributed by atoms with E-state index in [4.69, 9.17) is 5.11 Å². The maximum absolute atomic E-state index is 11.0. The summed E-state index contributed by atoms with van der Waals surface area (Å²) in [7, 11) is 0. The molecule has 2 rings (SSSR count). The van der Waals surface area contributed by atoms with Crippen molar-refractivity contribution in [2.75, 3.05) is 0 Å². The zero-order valence-electron chi connectivity index (χ0n) is 6.32. The summed E-state index contributed by atoms with van der Waals surface area (Å²) in [5, 5.41) is 21.8. The Hall–Kier alpha value is -0.700. The maximum Gasteiger partial charge on any atom is 0.220 e. The number of benzene rings is 2. The third-order valence-electron chi connectivity index (χ3n) is 1.83. The van der Waals surface area contributed by atoms with Crippen LogP contribution in [0.15, 0.2) is 36.4 Å². The van der Waals surface area contributed by atoms with Gasteiger partial charge in [0.2, 0.25) is 5.75 Å². The molecule has 0 saturated heterocycles. The van der Waals surface area contributed by atoms with Gasteiger partial charge in [0.25, 0.3) is 0 Å². The van der Waals surface area contributed by atoms with Crippen LogP contribution in [0.5, 0.6) is 11.5 Å². The summed E-state index contributed by atoms with van der Waals surface area (Å²) in [6.45, 7) is 0. The molecule has 1 radical (unpaired) electrons. The zero-order chi connectivity index (χ0) is 8.55. The average Bonchev–Trinajstić information content (AvgIpc) is 2.07. The summed E-state index contributed by atoms with van der Waals surface area (Å²) in [6, 6.07) is 10.3. The first-order valence-corrected chi connectivity index (χ1v) is 3.66. The molecule has 0 fully saturated rings. The first kappa shape index (κ1) is 10.4. The summed E-state index contributed by atoms with van der Waals surface area (Å²) in [5.41, 5.74) is 0. The van der Waals surface area contributed by atoms with E-state index in [9.17, 15) is 5.11 Å². The van der Waals surface area contributed by atoms with Crippen LogP contribution in [0, 0.1) is 0 Å². The van der Waals surface area contributed by atoms with E-state index in [2.05, 4.69) is 0 Å². The second-order valence-electron chi connectivity index (χ2n) is 2.67. The fraction of sp³-hybridized carbons (Fsp3) is 0. The van der Waals surface area contributed by atoms with Gasteiger partial charge in [-0.3, -0.25) is 5.11 Å². The van der Waals surface area contributed by atoms with Gasteiger partial charge in [0.15, 0.2) is 5.75 Å². The molecular weight excluding hydrogens is 175 g/mol. The van der Waals surface area contributed by atoms with Gasteiger partial charge in [-0.05, 0) is 22.9 Å². The average molecular weight is 183 g/mol. The molecule has 0 heterocycles. The normalized spacial score (nSPS) is 9.54. The molecule has 0 atom stereocenters. The van der Waals surface area contributed by atoms with Crippen LogP contribution in [-0.2, 0) is 5.11 Å². The molecule has 1 N–H and O–H groups in total. The number of hydrogen-bond acceptors (Lipinski definition) is 1. The molecule has 0 aliphatic heterocycles. The van der Waals surface area contributed by atoms with E-state index in [-0.39, 0.29) is 41.1 Å². The van der Waals surface area contributed by atoms with E-state index in [1.807, 2.05) is 24.3 Å². The summed E-state index contributed by atoms with van der Waals surface area (Å²) in [5.74, 6) is -0.512. The Labute approximate surface area is 98.1 Å². The van der Waals surface area contributed by atoms with Crippen molar-refractivity contribution in [3.8, 4) is 11.5 Å². The third-order valence-corrected chi connectivity index (χ3v) is 1.83. The maximum atomic E-state index is 11.0. The van der Waals surface area contributed by atoms with Gasteiger partial charge in [0.1, 0.15) is 0 Å². The second kappa shape index (κ2) is 4.01. The summed E-state index contributed by atoms with van der Waals surface area (Å²) in [4.78, 5) is 0. The Kier molecular flexibility index (Phi) is 3.20. The minimum atomic E-state index is -0.325. The fourth-order valence-corrected chi connectivity index (χ4v) is 1.21. The second-order valence-corrected chi connectivity index (χ2v) is 2.67. The number of phenols is 1. The Morgan fingerprint density at radius 2 is 1.54 bits per heavy atom. The fourth-order valence-electron chi connectivity index (χ4n) is 1.21. The Morgan fingerprint density at radius 1 is 1.00 bits per heavy atom. The van der Waals surface area contributed by atoms with Crippen molar-refractivity contribution < 1.29 is 10.2 Å². The molecular formula is C10H8NaO2. The molecule has 2 nitrogen and oxygen atoms in total. The number of hydrogen-bond donors (Lipinski definition) is 1. The van der Waals surface area contributed by atoms with Crippen molar-refractivity contribution in [3.63, 3.8) is 0 Å². The molecule has 2 aromatic carbocycles. The van der Waals surface area contributed by atoms with E-state index in [0.717, 1.165) is 10.8 Å². The molecule has 0 bridgehead atoms. The number of rotatable bonds is 0. The molecule has 0 amide bonds. The van der Waals surface area contributed by atoms with Gasteiger partial charge in [0.05, 0.1) is 0 Å². The van der Waals surface area contributed by atoms with Crippen molar-refractivity contribution in [1.82, 2.24) is 0 Å². The van der Waals surface area contributed by atoms with Crippen LogP contribution in [0.4, 0.5) is 0 Å². The van der Waals surface area contributed by atoms with E-state index in [1.165, 1.54) is 12.1 Å². The first-order chi connectivity index (χ1) is 5.77. The van der Waals surface area contributed by atoms with Crippen LogP contribution in [0.1, 0.15) is 0 Å². The largest absolute Gasteiger partial charge is 0.504 e. The van der Waals surface area contributed by atoms with Crippen LogP contribution in [0.3, 0.4) is 0 Å². The van der Waals surface area contributed by atoms with E-state index in [1.54, 1.807) is 0 Å². The molecule has 3 heteroatoms. The van der Waals surface area contributed by atoms with Crippen molar-refractivity contribution in [1.29, 1.82) is 0 Å². The number of fused-ring (bicyclic) bond motifs is 1. The van der Waals surface area contributed by atoms with Gasteiger partial charge in [0, 0.05) is 0 Å². The molecule has 0 saturated carbocycles. The van der Waals surface area contributed by atoms with Crippen molar-refractivity contribution in [2.45, 2.75) is 0 Å². The number of phenolic OH excluding ortho intramolecular Hbond substituents is 1. The Balaban J connectivity index is 0.000000845. The molecule has 13 heavy (non-hydrogen) atoms. The van der Waals surface area contributed by atoms with Gasteiger partial charge in [-0.15, -0.1) is 0 Å². The smallest absolute Gasteiger partial charge is 0.220 e. The van der Waals surface area contributed by atoms with Gasteiger partial charge in [-0.25, -0.2) is 0 Å². The van der Waals surface area contributed by atoms with Crippen LogP contribution in [0.25, 0.3) is 10.8 Å². The minimum absolute atomic E-state index is 0. The number of aromatic hydroxyl groups is 1. The Morgan fingerprint density at radius 3 is 2.15 bits per heavy atom. The van der Waals surface area contributed by atoms with Gasteiger partial charge in [-0.2, -0.15) is 0 Å². The van der Waals surface area contributed by atoms with Crippen LogP contribution < -0.4 is 0 Å². The predicted molar refractivity (Wildman–Crippen MR) is 52.9 cm³/mol. The topological polar surface area (TPSA) is 40.1 Å². The molecule has 2 aromatic rings.